The van der Waals surface area contributed by atoms with Gasteiger partial charge in [0.05, 0.1) is 12.2 Å². The highest BCUT2D eigenvalue weighted by Crippen LogP contribution is 2.35. The van der Waals surface area contributed by atoms with Crippen LogP contribution in [0.2, 0.25) is 0 Å². The maximum Gasteiger partial charge on any atom is 0.247 e. The molecule has 5 heteroatoms. The van der Waals surface area contributed by atoms with Crippen LogP contribution in [0.5, 0.6) is 0 Å². The van der Waals surface area contributed by atoms with Crippen LogP contribution in [-0.2, 0) is 9.53 Å². The molecule has 3 atom stereocenters. The number of nitrogens with one attached hydrogen (secondary N) is 1. The smallest absolute Gasteiger partial charge is 0.247 e. The Kier molecular flexibility index (Phi) is 6.79. The summed E-state index contributed by atoms with van der Waals surface area (Å²) in [7, 11) is 0. The first kappa shape index (κ1) is 18.6. The fourth-order valence-corrected chi connectivity index (χ4v) is 4.97. The molecule has 0 bridgehead atoms. The average Bonchev–Trinajstić information content (AvgIpc) is 2.53. The standard InChI is InChI=1S/C18H30N2O2S/c1-13(2)15-5-4-14(3)10-16(15)22-11-17(21)20-18(12-19)6-8-23-9-7-18/h13-16H,4-11H2,1-3H3,(H,20,21). The van der Waals surface area contributed by atoms with Gasteiger partial charge in [-0.3, -0.25) is 4.79 Å². The van der Waals surface area contributed by atoms with E-state index < -0.39 is 5.54 Å². The SMILES string of the molecule is CC1CCC(C(C)C)C(OCC(=O)NC2(C#N)CCSCC2)C1. The second-order valence-corrected chi connectivity index (χ2v) is 8.75. The molecule has 3 unspecified atom stereocenters. The van der Waals surface area contributed by atoms with Crippen molar-refractivity contribution in [3.63, 3.8) is 0 Å². The Hall–Kier alpha value is -0.730. The van der Waals surface area contributed by atoms with Gasteiger partial charge in [0.1, 0.15) is 12.1 Å². The number of carbonyl (C=O) groups excluding carboxylic acids is 1. The summed E-state index contributed by atoms with van der Waals surface area (Å²) in [5.74, 6) is 3.51. The van der Waals surface area contributed by atoms with Crippen LogP contribution in [0.1, 0.15) is 52.9 Å². The average molecular weight is 339 g/mol. The minimum absolute atomic E-state index is 0.0805. The third kappa shape index (κ3) is 5.12. The molecule has 4 nitrogen and oxygen atoms in total. The topological polar surface area (TPSA) is 62.1 Å². The molecule has 0 aromatic heterocycles. The quantitative estimate of drug-likeness (QED) is 0.835. The first-order chi connectivity index (χ1) is 11.0. The van der Waals surface area contributed by atoms with Crippen molar-refractivity contribution in [2.75, 3.05) is 18.1 Å². The van der Waals surface area contributed by atoms with Crippen molar-refractivity contribution in [3.05, 3.63) is 0 Å². The Labute approximate surface area is 144 Å². The third-order valence-corrected chi connectivity index (χ3v) is 6.31. The van der Waals surface area contributed by atoms with E-state index in [2.05, 4.69) is 32.2 Å². The highest BCUT2D eigenvalue weighted by atomic mass is 32.2. The van der Waals surface area contributed by atoms with Gasteiger partial charge in [-0.15, -0.1) is 0 Å². The number of amides is 1. The first-order valence-corrected chi connectivity index (χ1v) is 10.0. The number of ether oxygens (including phenoxy) is 1. The second-order valence-electron chi connectivity index (χ2n) is 7.53. The molecular formula is C18H30N2O2S. The summed E-state index contributed by atoms with van der Waals surface area (Å²) >= 11 is 1.85. The second kappa shape index (κ2) is 8.39. The van der Waals surface area contributed by atoms with E-state index in [1.54, 1.807) is 0 Å². The molecule has 130 valence electrons. The van der Waals surface area contributed by atoms with Crippen LogP contribution in [0.15, 0.2) is 0 Å². The number of carbonyl (C=O) groups is 1. The number of thioether (sulfide) groups is 1. The summed E-state index contributed by atoms with van der Waals surface area (Å²) in [6, 6.07) is 2.32. The largest absolute Gasteiger partial charge is 0.368 e. The highest BCUT2D eigenvalue weighted by Gasteiger charge is 2.35. The Morgan fingerprint density at radius 1 is 1.39 bits per heavy atom. The molecule has 0 aromatic rings. The van der Waals surface area contributed by atoms with Crippen LogP contribution >= 0.6 is 11.8 Å². The number of hydrogen-bond acceptors (Lipinski definition) is 4. The van der Waals surface area contributed by atoms with Gasteiger partial charge in [-0.2, -0.15) is 17.0 Å². The Balaban J connectivity index is 1.86. The number of rotatable bonds is 5. The van der Waals surface area contributed by atoms with Crippen molar-refractivity contribution < 1.29 is 9.53 Å². The molecule has 23 heavy (non-hydrogen) atoms. The van der Waals surface area contributed by atoms with Gasteiger partial charge in [-0.25, -0.2) is 0 Å². The fraction of sp³-hybridized carbons (Fsp3) is 0.889. The predicted molar refractivity (Wildman–Crippen MR) is 94.1 cm³/mol. The summed E-state index contributed by atoms with van der Waals surface area (Å²) < 4.78 is 5.99. The zero-order valence-corrected chi connectivity index (χ0v) is 15.5. The molecule has 0 spiro atoms. The van der Waals surface area contributed by atoms with Crippen molar-refractivity contribution in [1.29, 1.82) is 5.26 Å². The molecule has 2 rings (SSSR count). The molecular weight excluding hydrogens is 308 g/mol. The van der Waals surface area contributed by atoms with Crippen LogP contribution in [0.25, 0.3) is 0 Å². The lowest BCUT2D eigenvalue weighted by Gasteiger charge is -2.37. The van der Waals surface area contributed by atoms with E-state index in [1.807, 2.05) is 11.8 Å². The van der Waals surface area contributed by atoms with Gasteiger partial charge in [-0.05, 0) is 54.9 Å². The van der Waals surface area contributed by atoms with Crippen molar-refractivity contribution in [2.45, 2.75) is 64.5 Å². The van der Waals surface area contributed by atoms with Gasteiger partial charge in [0, 0.05) is 0 Å². The molecule has 1 saturated carbocycles. The first-order valence-electron chi connectivity index (χ1n) is 8.87. The summed E-state index contributed by atoms with van der Waals surface area (Å²) in [4.78, 5) is 12.3. The molecule has 1 saturated heterocycles. The minimum atomic E-state index is -0.678. The lowest BCUT2D eigenvalue weighted by molar-refractivity contribution is -0.132. The van der Waals surface area contributed by atoms with Gasteiger partial charge in [0.15, 0.2) is 0 Å². The zero-order chi connectivity index (χ0) is 16.9. The van der Waals surface area contributed by atoms with Crippen molar-refractivity contribution in [2.24, 2.45) is 17.8 Å². The third-order valence-electron chi connectivity index (χ3n) is 5.33. The summed E-state index contributed by atoms with van der Waals surface area (Å²) in [5.41, 5.74) is -0.678. The van der Waals surface area contributed by atoms with Crippen LogP contribution in [0.4, 0.5) is 0 Å². The van der Waals surface area contributed by atoms with Crippen LogP contribution in [-0.4, -0.2) is 35.7 Å². The molecule has 1 aliphatic heterocycles. The van der Waals surface area contributed by atoms with E-state index >= 15 is 0 Å². The van der Waals surface area contributed by atoms with E-state index in [4.69, 9.17) is 4.74 Å². The number of nitrogens with zero attached hydrogens (tertiary/aromatic N) is 1. The molecule has 1 amide bonds. The molecule has 1 aliphatic carbocycles. The van der Waals surface area contributed by atoms with Gasteiger partial charge in [-0.1, -0.05) is 27.2 Å². The Bertz CT molecular complexity index is 441. The minimum Gasteiger partial charge on any atom is -0.368 e. The van der Waals surface area contributed by atoms with Crippen LogP contribution < -0.4 is 5.32 Å². The molecule has 1 N–H and O–H groups in total. The van der Waals surface area contributed by atoms with Gasteiger partial charge < -0.3 is 10.1 Å². The summed E-state index contributed by atoms with van der Waals surface area (Å²) in [5, 5.41) is 12.4. The van der Waals surface area contributed by atoms with Crippen molar-refractivity contribution in [3.8, 4) is 6.07 Å². The van der Waals surface area contributed by atoms with Gasteiger partial charge in [0.25, 0.3) is 0 Å². The molecule has 0 aromatic carbocycles. The molecule has 1 heterocycles. The molecule has 2 fully saturated rings. The normalized spacial score (nSPS) is 30.7. The van der Waals surface area contributed by atoms with E-state index in [9.17, 15) is 10.1 Å². The monoisotopic (exact) mass is 338 g/mol. The zero-order valence-electron chi connectivity index (χ0n) is 14.6. The number of nitriles is 1. The predicted octanol–water partition coefficient (Wildman–Crippen LogP) is 3.37. The van der Waals surface area contributed by atoms with Crippen LogP contribution in [0.3, 0.4) is 0 Å². The van der Waals surface area contributed by atoms with Gasteiger partial charge >= 0.3 is 0 Å². The lowest BCUT2D eigenvalue weighted by Crippen LogP contribution is -2.51. The lowest BCUT2D eigenvalue weighted by atomic mass is 9.75. The van der Waals surface area contributed by atoms with Crippen LogP contribution in [0, 0.1) is 29.1 Å². The summed E-state index contributed by atoms with van der Waals surface area (Å²) in [6.07, 6.45) is 5.11. The molecule has 0 radical (unpaired) electrons. The highest BCUT2D eigenvalue weighted by molar-refractivity contribution is 7.99. The van der Waals surface area contributed by atoms with E-state index in [-0.39, 0.29) is 18.6 Å². The van der Waals surface area contributed by atoms with Gasteiger partial charge in [0.2, 0.25) is 5.91 Å². The van der Waals surface area contributed by atoms with E-state index in [0.29, 0.717) is 17.8 Å². The Morgan fingerprint density at radius 2 is 2.09 bits per heavy atom. The van der Waals surface area contributed by atoms with E-state index in [0.717, 1.165) is 30.8 Å². The number of hydrogen-bond donors (Lipinski definition) is 1. The summed E-state index contributed by atoms with van der Waals surface area (Å²) in [6.45, 7) is 6.82. The van der Waals surface area contributed by atoms with E-state index in [1.165, 1.54) is 12.8 Å². The maximum atomic E-state index is 12.3. The Morgan fingerprint density at radius 3 is 2.70 bits per heavy atom. The fourth-order valence-electron chi connectivity index (χ4n) is 3.78. The maximum absolute atomic E-state index is 12.3. The van der Waals surface area contributed by atoms with Crippen molar-refractivity contribution in [1.82, 2.24) is 5.32 Å². The van der Waals surface area contributed by atoms with Crippen molar-refractivity contribution >= 4 is 17.7 Å². The molecule has 2 aliphatic rings.